The number of nitrogens with zero attached hydrogens (tertiary/aromatic N) is 1. The zero-order chi connectivity index (χ0) is 23.8. The summed E-state index contributed by atoms with van der Waals surface area (Å²) in [6.45, 7) is 3.52. The molecule has 1 aliphatic carbocycles. The highest BCUT2D eigenvalue weighted by Gasteiger charge is 2.51. The summed E-state index contributed by atoms with van der Waals surface area (Å²) in [5.41, 5.74) is 0.766. The molecule has 8 nitrogen and oxygen atoms in total. The van der Waals surface area contributed by atoms with Crippen LogP contribution >= 0.6 is 11.3 Å². The molecule has 2 aliphatic rings. The van der Waals surface area contributed by atoms with Crippen molar-refractivity contribution < 1.29 is 23.9 Å². The molecule has 174 valence electrons. The minimum Gasteiger partial charge on any atom is -0.465 e. The minimum absolute atomic E-state index is 0.349. The number of nitrogens with one attached hydrogen (secondary N) is 2. The van der Waals surface area contributed by atoms with Gasteiger partial charge in [0.25, 0.3) is 5.91 Å². The van der Waals surface area contributed by atoms with Crippen LogP contribution in [0, 0.1) is 5.92 Å². The molecule has 1 fully saturated rings. The van der Waals surface area contributed by atoms with Crippen molar-refractivity contribution in [3.05, 3.63) is 51.9 Å². The van der Waals surface area contributed by atoms with Crippen molar-refractivity contribution in [2.45, 2.75) is 45.1 Å². The highest BCUT2D eigenvalue weighted by molar-refractivity contribution is 7.17. The van der Waals surface area contributed by atoms with Crippen molar-refractivity contribution in [2.75, 3.05) is 19.0 Å². The van der Waals surface area contributed by atoms with E-state index >= 15 is 0 Å². The Bertz CT molecular complexity index is 1110. The molecule has 1 aliphatic heterocycles. The van der Waals surface area contributed by atoms with E-state index in [0.717, 1.165) is 34.6 Å². The lowest BCUT2D eigenvalue weighted by molar-refractivity contribution is -0.134. The Morgan fingerprint density at radius 1 is 1.27 bits per heavy atom. The summed E-state index contributed by atoms with van der Waals surface area (Å²) in [6, 6.07) is 8.38. The summed E-state index contributed by atoms with van der Waals surface area (Å²) in [4.78, 5) is 53.3. The number of esters is 1. The lowest BCUT2D eigenvalue weighted by Gasteiger charge is -2.25. The number of hydrogen-bond donors (Lipinski definition) is 2. The average molecular weight is 470 g/mol. The standard InChI is InChI=1S/C24H27N3O5S/c1-4-24(15-8-6-5-7-9-15)22(30)27(23(31)26-24)13-18(28)25-20-19(21(29)32-3)16-11-10-14(2)12-17(16)33-20/h5-9,14H,4,10-13H2,1-3H3,(H,25,28)(H,26,31)/t14-,24-/m1/s1. The molecule has 2 atom stereocenters. The van der Waals surface area contributed by atoms with E-state index in [4.69, 9.17) is 4.74 Å². The third-order valence-corrected chi connectivity index (χ3v) is 7.60. The summed E-state index contributed by atoms with van der Waals surface area (Å²) >= 11 is 1.36. The third-order valence-electron chi connectivity index (χ3n) is 6.43. The largest absolute Gasteiger partial charge is 0.465 e. The second-order valence-electron chi connectivity index (χ2n) is 8.54. The van der Waals surface area contributed by atoms with E-state index in [-0.39, 0.29) is 0 Å². The number of urea groups is 1. The molecule has 2 heterocycles. The topological polar surface area (TPSA) is 105 Å². The quantitative estimate of drug-likeness (QED) is 0.498. The van der Waals surface area contributed by atoms with Crippen LogP contribution in [0.3, 0.4) is 0 Å². The number of hydrogen-bond acceptors (Lipinski definition) is 6. The smallest absolute Gasteiger partial charge is 0.341 e. The van der Waals surface area contributed by atoms with Crippen molar-refractivity contribution in [3.8, 4) is 0 Å². The molecule has 9 heteroatoms. The highest BCUT2D eigenvalue weighted by atomic mass is 32.1. The van der Waals surface area contributed by atoms with Crippen LogP contribution in [0.2, 0.25) is 0 Å². The van der Waals surface area contributed by atoms with Gasteiger partial charge in [-0.25, -0.2) is 9.59 Å². The first-order valence-corrected chi connectivity index (χ1v) is 11.8. The van der Waals surface area contributed by atoms with Crippen LogP contribution in [0.1, 0.15) is 53.1 Å². The monoisotopic (exact) mass is 469 g/mol. The molecule has 0 spiro atoms. The van der Waals surface area contributed by atoms with Crippen LogP contribution in [-0.4, -0.2) is 42.4 Å². The Balaban J connectivity index is 1.56. The van der Waals surface area contributed by atoms with Gasteiger partial charge in [-0.2, -0.15) is 0 Å². The zero-order valence-electron chi connectivity index (χ0n) is 18.9. The predicted octanol–water partition coefficient (Wildman–Crippen LogP) is 3.46. The number of anilines is 1. The second kappa shape index (κ2) is 8.97. The van der Waals surface area contributed by atoms with Crippen LogP contribution in [0.5, 0.6) is 0 Å². The molecule has 0 radical (unpaired) electrons. The van der Waals surface area contributed by atoms with E-state index < -0.39 is 35.9 Å². The number of methoxy groups -OCH3 is 1. The number of imide groups is 1. The molecule has 0 bridgehead atoms. The molecule has 0 saturated carbocycles. The van der Waals surface area contributed by atoms with E-state index in [9.17, 15) is 19.2 Å². The van der Waals surface area contributed by atoms with Gasteiger partial charge in [0.05, 0.1) is 12.7 Å². The highest BCUT2D eigenvalue weighted by Crippen LogP contribution is 2.40. The Kier molecular flexibility index (Phi) is 6.25. The van der Waals surface area contributed by atoms with Crippen LogP contribution < -0.4 is 10.6 Å². The zero-order valence-corrected chi connectivity index (χ0v) is 19.7. The van der Waals surface area contributed by atoms with Crippen LogP contribution in [0.15, 0.2) is 30.3 Å². The van der Waals surface area contributed by atoms with Crippen molar-refractivity contribution in [1.29, 1.82) is 0 Å². The van der Waals surface area contributed by atoms with Gasteiger partial charge in [-0.1, -0.05) is 44.2 Å². The molecular weight excluding hydrogens is 442 g/mol. The Morgan fingerprint density at radius 2 is 2.00 bits per heavy atom. The van der Waals surface area contributed by atoms with Gasteiger partial charge in [0.2, 0.25) is 5.91 Å². The number of benzene rings is 1. The fraction of sp³-hybridized carbons (Fsp3) is 0.417. The molecule has 4 amide bonds. The number of fused-ring (bicyclic) bond motifs is 1. The molecular formula is C24H27N3O5S. The molecule has 1 saturated heterocycles. The lowest BCUT2D eigenvalue weighted by Crippen LogP contribution is -2.44. The van der Waals surface area contributed by atoms with Gasteiger partial charge in [0.1, 0.15) is 17.1 Å². The van der Waals surface area contributed by atoms with Gasteiger partial charge in [0, 0.05) is 4.88 Å². The molecule has 1 aromatic carbocycles. The molecule has 33 heavy (non-hydrogen) atoms. The summed E-state index contributed by atoms with van der Waals surface area (Å²) in [7, 11) is 1.31. The molecule has 0 unspecified atom stereocenters. The minimum atomic E-state index is -1.20. The van der Waals surface area contributed by atoms with Crippen LogP contribution in [0.4, 0.5) is 9.80 Å². The Hall–Kier alpha value is -3.20. The number of carbonyl (C=O) groups excluding carboxylic acids is 4. The number of rotatable bonds is 6. The fourth-order valence-electron chi connectivity index (χ4n) is 4.60. The van der Waals surface area contributed by atoms with E-state index in [1.54, 1.807) is 24.3 Å². The van der Waals surface area contributed by atoms with Gasteiger partial charge >= 0.3 is 12.0 Å². The van der Waals surface area contributed by atoms with E-state index in [0.29, 0.717) is 28.5 Å². The number of amides is 4. The van der Waals surface area contributed by atoms with Crippen molar-refractivity contribution >= 4 is 40.2 Å². The van der Waals surface area contributed by atoms with Crippen molar-refractivity contribution in [3.63, 3.8) is 0 Å². The van der Waals surface area contributed by atoms with Crippen molar-refractivity contribution in [1.82, 2.24) is 10.2 Å². The van der Waals surface area contributed by atoms with Crippen molar-refractivity contribution in [2.24, 2.45) is 5.92 Å². The normalized spacial score (nSPS) is 22.0. The second-order valence-corrected chi connectivity index (χ2v) is 9.65. The molecule has 2 N–H and O–H groups in total. The Labute approximate surface area is 196 Å². The first-order chi connectivity index (χ1) is 15.8. The van der Waals surface area contributed by atoms with Crippen LogP contribution in [-0.2, 0) is 32.7 Å². The van der Waals surface area contributed by atoms with E-state index in [1.807, 2.05) is 13.0 Å². The maximum Gasteiger partial charge on any atom is 0.341 e. The lowest BCUT2D eigenvalue weighted by atomic mass is 9.87. The number of carbonyl (C=O) groups is 4. The number of ether oxygens (including phenoxy) is 1. The maximum atomic E-state index is 13.3. The first-order valence-electron chi connectivity index (χ1n) is 11.0. The summed E-state index contributed by atoms with van der Waals surface area (Å²) in [5, 5.41) is 5.93. The van der Waals surface area contributed by atoms with Gasteiger partial charge in [0.15, 0.2) is 0 Å². The summed E-state index contributed by atoms with van der Waals surface area (Å²) in [6.07, 6.45) is 2.89. The Morgan fingerprint density at radius 3 is 2.67 bits per heavy atom. The van der Waals surface area contributed by atoms with E-state index in [1.165, 1.54) is 18.4 Å². The average Bonchev–Trinajstić information content (AvgIpc) is 3.28. The van der Waals surface area contributed by atoms with E-state index in [2.05, 4.69) is 17.6 Å². The van der Waals surface area contributed by atoms with Gasteiger partial charge in [-0.15, -0.1) is 11.3 Å². The maximum absolute atomic E-state index is 13.3. The predicted molar refractivity (Wildman–Crippen MR) is 124 cm³/mol. The van der Waals surface area contributed by atoms with Crippen LogP contribution in [0.25, 0.3) is 0 Å². The fourth-order valence-corrected chi connectivity index (χ4v) is 6.01. The summed E-state index contributed by atoms with van der Waals surface area (Å²) < 4.78 is 4.96. The first kappa shape index (κ1) is 23.0. The molecule has 2 aromatic rings. The van der Waals surface area contributed by atoms with Gasteiger partial charge in [-0.05, 0) is 42.7 Å². The van der Waals surface area contributed by atoms with Gasteiger partial charge in [-0.3, -0.25) is 14.5 Å². The third kappa shape index (κ3) is 4.01. The summed E-state index contributed by atoms with van der Waals surface area (Å²) in [5.74, 6) is -1.02. The molecule has 1 aromatic heterocycles. The SMILES string of the molecule is CC[C@]1(c2ccccc2)NC(=O)N(CC(=O)Nc2sc3c(c2C(=O)OC)CC[C@@H](C)C3)C1=O. The molecule has 4 rings (SSSR count). The number of thiophene rings is 1. The van der Waals surface area contributed by atoms with Gasteiger partial charge < -0.3 is 15.4 Å².